The standard InChI is InChI=1S/C22H30N4O/c1-13(2)18(12-27)23-20-10-21(25-22(24-20)14(3)4)26-11-15-9-19(26)17-8-6-5-7-16(15)17/h5-8,10,13-15,18-19,27H,9,11-12H2,1-4H3,(H,23,24,25)/t15-,18-,19+/m1/s1. The number of aromatic nitrogens is 2. The fraction of sp³-hybridized carbons (Fsp3) is 0.545. The summed E-state index contributed by atoms with van der Waals surface area (Å²) in [6.07, 6.45) is 1.17. The molecule has 0 amide bonds. The van der Waals surface area contributed by atoms with E-state index in [1.165, 1.54) is 17.5 Å². The number of fused-ring (bicyclic) bond motifs is 5. The molecule has 27 heavy (non-hydrogen) atoms. The molecule has 3 atom stereocenters. The minimum Gasteiger partial charge on any atom is -0.394 e. The molecule has 2 aliphatic rings. The van der Waals surface area contributed by atoms with Gasteiger partial charge in [0.25, 0.3) is 0 Å². The van der Waals surface area contributed by atoms with Crippen molar-refractivity contribution in [3.05, 3.63) is 47.3 Å². The van der Waals surface area contributed by atoms with Crippen molar-refractivity contribution in [2.24, 2.45) is 5.92 Å². The number of aliphatic hydroxyl groups is 1. The smallest absolute Gasteiger partial charge is 0.135 e. The van der Waals surface area contributed by atoms with Crippen molar-refractivity contribution >= 4 is 11.6 Å². The first-order valence-corrected chi connectivity index (χ1v) is 10.1. The van der Waals surface area contributed by atoms with Crippen LogP contribution in [0.25, 0.3) is 0 Å². The lowest BCUT2D eigenvalue weighted by Gasteiger charge is -2.31. The van der Waals surface area contributed by atoms with Crippen LogP contribution < -0.4 is 10.2 Å². The van der Waals surface area contributed by atoms with Gasteiger partial charge in [-0.25, -0.2) is 9.97 Å². The van der Waals surface area contributed by atoms with E-state index in [4.69, 9.17) is 9.97 Å². The second kappa shape index (κ2) is 7.12. The second-order valence-electron chi connectivity index (χ2n) is 8.53. The molecular weight excluding hydrogens is 336 g/mol. The number of benzene rings is 1. The van der Waals surface area contributed by atoms with Gasteiger partial charge in [0, 0.05) is 24.4 Å². The lowest BCUT2D eigenvalue weighted by molar-refractivity contribution is 0.249. The maximum absolute atomic E-state index is 9.70. The van der Waals surface area contributed by atoms with Gasteiger partial charge in [-0.15, -0.1) is 0 Å². The highest BCUT2D eigenvalue weighted by Gasteiger charge is 2.42. The molecule has 1 aliphatic heterocycles. The lowest BCUT2D eigenvalue weighted by atomic mass is 9.99. The fourth-order valence-corrected chi connectivity index (χ4v) is 4.34. The number of hydrogen-bond acceptors (Lipinski definition) is 5. The van der Waals surface area contributed by atoms with E-state index in [1.54, 1.807) is 0 Å². The molecule has 4 rings (SSSR count). The number of nitrogens with zero attached hydrogens (tertiary/aromatic N) is 3. The van der Waals surface area contributed by atoms with Gasteiger partial charge in [0.15, 0.2) is 0 Å². The molecule has 1 saturated heterocycles. The van der Waals surface area contributed by atoms with Crippen LogP contribution in [0.5, 0.6) is 0 Å². The van der Waals surface area contributed by atoms with Crippen molar-refractivity contribution in [2.75, 3.05) is 23.4 Å². The summed E-state index contributed by atoms with van der Waals surface area (Å²) in [5.74, 6) is 3.84. The van der Waals surface area contributed by atoms with Crippen molar-refractivity contribution in [1.82, 2.24) is 9.97 Å². The van der Waals surface area contributed by atoms with E-state index in [0.29, 0.717) is 17.9 Å². The molecule has 2 aromatic rings. The third kappa shape index (κ3) is 3.29. The Morgan fingerprint density at radius 2 is 1.89 bits per heavy atom. The molecular formula is C22H30N4O. The SMILES string of the molecule is CC(C)c1nc(N[C@H](CO)C(C)C)cc(N2C[C@H]3C[C@H]2c2ccccc23)n1. The molecule has 2 heterocycles. The van der Waals surface area contributed by atoms with Crippen LogP contribution in [0.2, 0.25) is 0 Å². The van der Waals surface area contributed by atoms with Crippen molar-refractivity contribution in [3.8, 4) is 0 Å². The van der Waals surface area contributed by atoms with Gasteiger partial charge in [0.1, 0.15) is 17.5 Å². The van der Waals surface area contributed by atoms with E-state index >= 15 is 0 Å². The summed E-state index contributed by atoms with van der Waals surface area (Å²) in [5, 5.41) is 13.1. The second-order valence-corrected chi connectivity index (χ2v) is 8.53. The Bertz CT molecular complexity index is 820. The summed E-state index contributed by atoms with van der Waals surface area (Å²) in [6, 6.07) is 11.3. The Balaban J connectivity index is 1.67. The molecule has 0 radical (unpaired) electrons. The highest BCUT2D eigenvalue weighted by Crippen LogP contribution is 2.51. The lowest BCUT2D eigenvalue weighted by Crippen LogP contribution is -2.31. The van der Waals surface area contributed by atoms with Crippen molar-refractivity contribution in [1.29, 1.82) is 0 Å². The first kappa shape index (κ1) is 18.2. The summed E-state index contributed by atoms with van der Waals surface area (Å²) in [4.78, 5) is 12.1. The van der Waals surface area contributed by atoms with Gasteiger partial charge in [0.05, 0.1) is 18.7 Å². The molecule has 0 spiro atoms. The van der Waals surface area contributed by atoms with Gasteiger partial charge in [-0.2, -0.15) is 0 Å². The van der Waals surface area contributed by atoms with Gasteiger partial charge in [-0.3, -0.25) is 0 Å². The van der Waals surface area contributed by atoms with Crippen LogP contribution >= 0.6 is 0 Å². The minimum atomic E-state index is -0.0106. The third-order valence-corrected chi connectivity index (χ3v) is 5.97. The van der Waals surface area contributed by atoms with E-state index in [2.05, 4.69) is 68.2 Å². The predicted octanol–water partition coefficient (Wildman–Crippen LogP) is 4.08. The van der Waals surface area contributed by atoms with E-state index in [0.717, 1.165) is 24.0 Å². The number of hydrogen-bond donors (Lipinski definition) is 2. The van der Waals surface area contributed by atoms with Gasteiger partial charge in [0.2, 0.25) is 0 Å². The van der Waals surface area contributed by atoms with Gasteiger partial charge < -0.3 is 15.3 Å². The Morgan fingerprint density at radius 1 is 1.15 bits per heavy atom. The van der Waals surface area contributed by atoms with Crippen LogP contribution in [0.4, 0.5) is 11.6 Å². The number of rotatable bonds is 6. The fourth-order valence-electron chi connectivity index (χ4n) is 4.34. The first-order valence-electron chi connectivity index (χ1n) is 10.1. The summed E-state index contributed by atoms with van der Waals surface area (Å²) in [6.45, 7) is 9.57. The number of aliphatic hydroxyl groups excluding tert-OH is 1. The normalized spacial score (nSPS) is 21.8. The van der Waals surface area contributed by atoms with Crippen LogP contribution in [0, 0.1) is 5.92 Å². The maximum Gasteiger partial charge on any atom is 0.135 e. The molecule has 2 N–H and O–H groups in total. The highest BCUT2D eigenvalue weighted by atomic mass is 16.3. The van der Waals surface area contributed by atoms with Crippen molar-refractivity contribution in [3.63, 3.8) is 0 Å². The zero-order valence-corrected chi connectivity index (χ0v) is 16.7. The summed E-state index contributed by atoms with van der Waals surface area (Å²) in [5.41, 5.74) is 2.96. The summed E-state index contributed by atoms with van der Waals surface area (Å²) >= 11 is 0. The predicted molar refractivity (Wildman–Crippen MR) is 109 cm³/mol. The minimum absolute atomic E-state index is 0.0106. The van der Waals surface area contributed by atoms with E-state index in [-0.39, 0.29) is 18.6 Å². The molecule has 1 aromatic heterocycles. The average molecular weight is 367 g/mol. The topological polar surface area (TPSA) is 61.3 Å². The molecule has 144 valence electrons. The van der Waals surface area contributed by atoms with E-state index in [1.807, 2.05) is 0 Å². The average Bonchev–Trinajstić information content (AvgIpc) is 3.25. The summed E-state index contributed by atoms with van der Waals surface area (Å²) in [7, 11) is 0. The van der Waals surface area contributed by atoms with Crippen LogP contribution in [0.3, 0.4) is 0 Å². The molecule has 1 aromatic carbocycles. The molecule has 0 saturated carbocycles. The number of anilines is 2. The van der Waals surface area contributed by atoms with Crippen LogP contribution in [0.15, 0.2) is 30.3 Å². The third-order valence-electron chi connectivity index (χ3n) is 5.97. The quantitative estimate of drug-likeness (QED) is 0.807. The van der Waals surface area contributed by atoms with Crippen LogP contribution in [0.1, 0.15) is 68.9 Å². The zero-order chi connectivity index (χ0) is 19.1. The van der Waals surface area contributed by atoms with Crippen molar-refractivity contribution < 1.29 is 5.11 Å². The zero-order valence-electron chi connectivity index (χ0n) is 16.7. The summed E-state index contributed by atoms with van der Waals surface area (Å²) < 4.78 is 0. The van der Waals surface area contributed by atoms with Gasteiger partial charge in [-0.05, 0) is 23.5 Å². The van der Waals surface area contributed by atoms with E-state index in [9.17, 15) is 5.11 Å². The molecule has 5 heteroatoms. The van der Waals surface area contributed by atoms with Gasteiger partial charge in [-0.1, -0.05) is 52.0 Å². The molecule has 1 fully saturated rings. The molecule has 1 aliphatic carbocycles. The highest BCUT2D eigenvalue weighted by molar-refractivity contribution is 5.57. The van der Waals surface area contributed by atoms with Crippen molar-refractivity contribution in [2.45, 2.75) is 58.0 Å². The molecule has 2 bridgehead atoms. The maximum atomic E-state index is 9.70. The molecule has 5 nitrogen and oxygen atoms in total. The Kier molecular flexibility index (Phi) is 4.81. The monoisotopic (exact) mass is 366 g/mol. The number of nitrogens with one attached hydrogen (secondary N) is 1. The first-order chi connectivity index (χ1) is 13.0. The van der Waals surface area contributed by atoms with Crippen LogP contribution in [-0.2, 0) is 0 Å². The van der Waals surface area contributed by atoms with Gasteiger partial charge >= 0.3 is 0 Å². The Morgan fingerprint density at radius 3 is 2.56 bits per heavy atom. The molecule has 0 unspecified atom stereocenters. The van der Waals surface area contributed by atoms with Crippen LogP contribution in [-0.4, -0.2) is 34.3 Å². The Labute approximate surface area is 161 Å². The Hall–Kier alpha value is -2.14. The van der Waals surface area contributed by atoms with E-state index < -0.39 is 0 Å². The largest absolute Gasteiger partial charge is 0.394 e.